The van der Waals surface area contributed by atoms with E-state index in [4.69, 9.17) is 5.73 Å². The fraction of sp³-hybridized carbons (Fsp3) is 0.933. The molecular formula is C15H28N2O. The Labute approximate surface area is 111 Å². The molecule has 1 amide bonds. The lowest BCUT2D eigenvalue weighted by atomic mass is 9.86. The zero-order valence-electron chi connectivity index (χ0n) is 12.1. The van der Waals surface area contributed by atoms with Crippen molar-refractivity contribution in [1.82, 2.24) is 4.90 Å². The molecule has 2 fully saturated rings. The molecule has 2 unspecified atom stereocenters. The number of nitrogens with two attached hydrogens (primary N) is 1. The fourth-order valence-corrected chi connectivity index (χ4v) is 2.99. The lowest BCUT2D eigenvalue weighted by Crippen LogP contribution is -2.49. The number of carbonyl (C=O) groups is 1. The van der Waals surface area contributed by atoms with Gasteiger partial charge in [-0.2, -0.15) is 0 Å². The number of carbonyl (C=O) groups excluding carboxylic acids is 1. The molecule has 0 bridgehead atoms. The van der Waals surface area contributed by atoms with Crippen molar-refractivity contribution in [2.75, 3.05) is 0 Å². The SMILES string of the molecule is CC1CCC(N(C(=O)C(C)C(C)N)C2CC2)CC1. The molecule has 18 heavy (non-hydrogen) atoms. The van der Waals surface area contributed by atoms with E-state index in [9.17, 15) is 4.79 Å². The second kappa shape index (κ2) is 5.60. The summed E-state index contributed by atoms with van der Waals surface area (Å²) in [6.45, 7) is 6.24. The Kier molecular flexibility index (Phi) is 4.31. The minimum atomic E-state index is -0.0405. The molecule has 104 valence electrons. The summed E-state index contributed by atoms with van der Waals surface area (Å²) in [5.74, 6) is 1.10. The van der Waals surface area contributed by atoms with E-state index in [1.165, 1.54) is 38.5 Å². The van der Waals surface area contributed by atoms with Gasteiger partial charge in [0.1, 0.15) is 0 Å². The monoisotopic (exact) mass is 252 g/mol. The highest BCUT2D eigenvalue weighted by Gasteiger charge is 2.40. The lowest BCUT2D eigenvalue weighted by molar-refractivity contribution is -0.139. The maximum absolute atomic E-state index is 12.6. The molecule has 0 saturated heterocycles. The molecule has 3 heteroatoms. The van der Waals surface area contributed by atoms with Crippen LogP contribution in [0, 0.1) is 11.8 Å². The van der Waals surface area contributed by atoms with Crippen LogP contribution in [0.1, 0.15) is 59.3 Å². The van der Waals surface area contributed by atoms with Crippen LogP contribution in [0.25, 0.3) is 0 Å². The van der Waals surface area contributed by atoms with Crippen molar-refractivity contribution in [1.29, 1.82) is 0 Å². The van der Waals surface area contributed by atoms with Crippen molar-refractivity contribution in [2.24, 2.45) is 17.6 Å². The number of amides is 1. The third kappa shape index (κ3) is 3.05. The molecule has 0 aromatic carbocycles. The van der Waals surface area contributed by atoms with E-state index in [0.717, 1.165) is 5.92 Å². The standard InChI is InChI=1S/C15H28N2O/c1-10-4-6-13(7-5-10)17(14-8-9-14)15(18)11(2)12(3)16/h10-14H,4-9,16H2,1-3H3. The van der Waals surface area contributed by atoms with Gasteiger partial charge in [-0.1, -0.05) is 13.8 Å². The van der Waals surface area contributed by atoms with E-state index in [-0.39, 0.29) is 12.0 Å². The van der Waals surface area contributed by atoms with Gasteiger partial charge in [0, 0.05) is 18.1 Å². The Bertz CT molecular complexity index is 291. The molecule has 3 nitrogen and oxygen atoms in total. The molecule has 2 rings (SSSR count). The van der Waals surface area contributed by atoms with Crippen LogP contribution in [0.4, 0.5) is 0 Å². The van der Waals surface area contributed by atoms with Gasteiger partial charge in [0.2, 0.25) is 5.91 Å². The lowest BCUT2D eigenvalue weighted by Gasteiger charge is -2.38. The van der Waals surface area contributed by atoms with Gasteiger partial charge in [0.15, 0.2) is 0 Å². The van der Waals surface area contributed by atoms with Gasteiger partial charge in [0.05, 0.1) is 5.92 Å². The zero-order chi connectivity index (χ0) is 13.3. The predicted octanol–water partition coefficient (Wildman–Crippen LogP) is 2.54. The van der Waals surface area contributed by atoms with Crippen molar-refractivity contribution in [2.45, 2.75) is 77.4 Å². The first-order valence-corrected chi connectivity index (χ1v) is 7.58. The highest BCUT2D eigenvalue weighted by atomic mass is 16.2. The number of hydrogen-bond acceptors (Lipinski definition) is 2. The summed E-state index contributed by atoms with van der Waals surface area (Å²) in [6.07, 6.45) is 7.32. The third-order valence-electron chi connectivity index (χ3n) is 4.75. The first-order valence-electron chi connectivity index (χ1n) is 7.58. The molecule has 2 N–H and O–H groups in total. The quantitative estimate of drug-likeness (QED) is 0.835. The van der Waals surface area contributed by atoms with Gasteiger partial charge >= 0.3 is 0 Å². The Hall–Kier alpha value is -0.570. The van der Waals surface area contributed by atoms with Gasteiger partial charge in [0.25, 0.3) is 0 Å². The first-order chi connectivity index (χ1) is 8.50. The Balaban J connectivity index is 2.01. The molecule has 2 aliphatic rings. The molecule has 0 heterocycles. The van der Waals surface area contributed by atoms with Crippen LogP contribution in [-0.4, -0.2) is 28.9 Å². The third-order valence-corrected chi connectivity index (χ3v) is 4.75. The molecule has 2 saturated carbocycles. The van der Waals surface area contributed by atoms with E-state index in [1.807, 2.05) is 13.8 Å². The van der Waals surface area contributed by atoms with Crippen molar-refractivity contribution in [3.05, 3.63) is 0 Å². The molecular weight excluding hydrogens is 224 g/mol. The van der Waals surface area contributed by atoms with Crippen LogP contribution in [0.2, 0.25) is 0 Å². The predicted molar refractivity (Wildman–Crippen MR) is 74.1 cm³/mol. The summed E-state index contributed by atoms with van der Waals surface area (Å²) >= 11 is 0. The molecule has 0 aliphatic heterocycles. The maximum Gasteiger partial charge on any atom is 0.227 e. The first kappa shape index (κ1) is 13.9. The largest absolute Gasteiger partial charge is 0.336 e. The van der Waals surface area contributed by atoms with Gasteiger partial charge in [-0.15, -0.1) is 0 Å². The van der Waals surface area contributed by atoms with Crippen molar-refractivity contribution in [3.8, 4) is 0 Å². The van der Waals surface area contributed by atoms with Gasteiger partial charge < -0.3 is 10.6 Å². The summed E-state index contributed by atoms with van der Waals surface area (Å²) in [4.78, 5) is 14.8. The Morgan fingerprint density at radius 1 is 1.06 bits per heavy atom. The van der Waals surface area contributed by atoms with Crippen molar-refractivity contribution >= 4 is 5.91 Å². The number of nitrogens with zero attached hydrogens (tertiary/aromatic N) is 1. The normalized spacial score (nSPS) is 31.8. The molecule has 0 radical (unpaired) electrons. The van der Waals surface area contributed by atoms with Gasteiger partial charge in [-0.25, -0.2) is 0 Å². The molecule has 0 spiro atoms. The maximum atomic E-state index is 12.6. The summed E-state index contributed by atoms with van der Waals surface area (Å²) < 4.78 is 0. The summed E-state index contributed by atoms with van der Waals surface area (Å²) in [5.41, 5.74) is 5.90. The topological polar surface area (TPSA) is 46.3 Å². The van der Waals surface area contributed by atoms with E-state index < -0.39 is 0 Å². The van der Waals surface area contributed by atoms with E-state index >= 15 is 0 Å². The van der Waals surface area contributed by atoms with Crippen LogP contribution in [0.3, 0.4) is 0 Å². The number of rotatable bonds is 4. The van der Waals surface area contributed by atoms with Crippen molar-refractivity contribution in [3.63, 3.8) is 0 Å². The van der Waals surface area contributed by atoms with E-state index in [1.54, 1.807) is 0 Å². The van der Waals surface area contributed by atoms with Gasteiger partial charge in [-0.3, -0.25) is 4.79 Å². The summed E-state index contributed by atoms with van der Waals surface area (Å²) in [5, 5.41) is 0. The second-order valence-electron chi connectivity index (χ2n) is 6.54. The second-order valence-corrected chi connectivity index (χ2v) is 6.54. The Morgan fingerprint density at radius 3 is 1.89 bits per heavy atom. The minimum absolute atomic E-state index is 0.0371. The van der Waals surface area contributed by atoms with E-state index in [2.05, 4.69) is 11.8 Å². The minimum Gasteiger partial charge on any atom is -0.336 e. The molecule has 0 aromatic heterocycles. The summed E-state index contributed by atoms with van der Waals surface area (Å²) in [6, 6.07) is 0.973. The van der Waals surface area contributed by atoms with Crippen LogP contribution in [0.15, 0.2) is 0 Å². The van der Waals surface area contributed by atoms with Crippen LogP contribution in [-0.2, 0) is 4.79 Å². The number of hydrogen-bond donors (Lipinski definition) is 1. The van der Waals surface area contributed by atoms with Crippen LogP contribution >= 0.6 is 0 Å². The molecule has 2 atom stereocenters. The average Bonchev–Trinajstić information content (AvgIpc) is 3.15. The summed E-state index contributed by atoms with van der Waals surface area (Å²) in [7, 11) is 0. The smallest absolute Gasteiger partial charge is 0.227 e. The highest BCUT2D eigenvalue weighted by molar-refractivity contribution is 5.80. The van der Waals surface area contributed by atoms with Crippen LogP contribution in [0.5, 0.6) is 0 Å². The highest BCUT2D eigenvalue weighted by Crippen LogP contribution is 2.36. The van der Waals surface area contributed by atoms with E-state index in [0.29, 0.717) is 18.0 Å². The van der Waals surface area contributed by atoms with Crippen LogP contribution < -0.4 is 5.73 Å². The fourth-order valence-electron chi connectivity index (χ4n) is 2.99. The Morgan fingerprint density at radius 2 is 1.50 bits per heavy atom. The average molecular weight is 252 g/mol. The molecule has 0 aromatic rings. The van der Waals surface area contributed by atoms with Crippen molar-refractivity contribution < 1.29 is 4.79 Å². The van der Waals surface area contributed by atoms with Gasteiger partial charge in [-0.05, 0) is 51.4 Å². The zero-order valence-corrected chi connectivity index (χ0v) is 12.1. The molecule has 2 aliphatic carbocycles.